The van der Waals surface area contributed by atoms with Gasteiger partial charge in [-0.2, -0.15) is 0 Å². The van der Waals surface area contributed by atoms with E-state index in [2.05, 4.69) is 33.9 Å². The van der Waals surface area contributed by atoms with Gasteiger partial charge < -0.3 is 20.7 Å². The van der Waals surface area contributed by atoms with Crippen LogP contribution in [-0.2, 0) is 6.42 Å². The maximum absolute atomic E-state index is 12.1. The Labute approximate surface area is 142 Å². The summed E-state index contributed by atoms with van der Waals surface area (Å²) in [5, 5.41) is 16.8. The molecule has 0 radical (unpaired) electrons. The van der Waals surface area contributed by atoms with Crippen LogP contribution in [0.15, 0.2) is 30.5 Å². The van der Waals surface area contributed by atoms with E-state index < -0.39 is 0 Å². The number of hydrogen-bond donors (Lipinski definition) is 4. The number of aliphatic hydroxyl groups excluding tert-OH is 1. The quantitative estimate of drug-likeness (QED) is 0.615. The number of carbonyl (C=O) groups is 1. The molecule has 1 aliphatic rings. The minimum absolute atomic E-state index is 0.0658. The first-order valence-electron chi connectivity index (χ1n) is 8.82. The number of aryl methyl sites for hydroxylation is 1. The molecule has 0 aliphatic heterocycles. The third-order valence-electron chi connectivity index (χ3n) is 5.33. The minimum atomic E-state index is -0.179. The number of urea groups is 1. The van der Waals surface area contributed by atoms with Crippen LogP contribution in [0.1, 0.15) is 38.2 Å². The van der Waals surface area contributed by atoms with Crippen LogP contribution in [0.3, 0.4) is 0 Å². The first kappa shape index (κ1) is 16.8. The zero-order chi connectivity index (χ0) is 17.0. The van der Waals surface area contributed by atoms with Crippen molar-refractivity contribution in [2.75, 3.05) is 13.2 Å². The Morgan fingerprint density at radius 1 is 1.42 bits per heavy atom. The predicted molar refractivity (Wildman–Crippen MR) is 96.0 cm³/mol. The predicted octanol–water partition coefficient (Wildman–Crippen LogP) is 2.95. The summed E-state index contributed by atoms with van der Waals surface area (Å²) < 4.78 is 0. The zero-order valence-corrected chi connectivity index (χ0v) is 14.3. The molecule has 1 aliphatic carbocycles. The van der Waals surface area contributed by atoms with Gasteiger partial charge in [-0.15, -0.1) is 0 Å². The van der Waals surface area contributed by atoms with Gasteiger partial charge in [0, 0.05) is 35.1 Å². The molecular weight excluding hydrogens is 302 g/mol. The number of fused-ring (bicyclic) bond motifs is 1. The molecule has 0 bridgehead atoms. The van der Waals surface area contributed by atoms with E-state index in [0.29, 0.717) is 6.54 Å². The third-order valence-corrected chi connectivity index (χ3v) is 5.33. The number of para-hydroxylation sites is 1. The molecular formula is C19H27N3O2. The molecule has 2 unspecified atom stereocenters. The van der Waals surface area contributed by atoms with Crippen LogP contribution >= 0.6 is 0 Å². The second kappa shape index (κ2) is 7.26. The lowest BCUT2D eigenvalue weighted by molar-refractivity contribution is 0.121. The van der Waals surface area contributed by atoms with Crippen LogP contribution in [-0.4, -0.2) is 35.3 Å². The lowest BCUT2D eigenvalue weighted by Gasteiger charge is -2.30. The van der Waals surface area contributed by atoms with Crippen molar-refractivity contribution in [3.05, 3.63) is 36.0 Å². The van der Waals surface area contributed by atoms with Gasteiger partial charge in [0.25, 0.3) is 0 Å². The lowest BCUT2D eigenvalue weighted by Crippen LogP contribution is -2.48. The molecule has 130 valence electrons. The number of hydrogen-bond acceptors (Lipinski definition) is 2. The van der Waals surface area contributed by atoms with E-state index in [4.69, 9.17) is 0 Å². The van der Waals surface area contributed by atoms with Gasteiger partial charge in [-0.25, -0.2) is 4.79 Å². The van der Waals surface area contributed by atoms with E-state index in [1.165, 1.54) is 10.9 Å². The molecule has 2 aromatic rings. The average Bonchev–Trinajstić information content (AvgIpc) is 3.16. The van der Waals surface area contributed by atoms with E-state index in [1.807, 2.05) is 19.1 Å². The number of benzene rings is 1. The molecule has 4 N–H and O–H groups in total. The summed E-state index contributed by atoms with van der Waals surface area (Å²) in [6, 6.07) is 8.21. The maximum atomic E-state index is 12.1. The van der Waals surface area contributed by atoms with E-state index in [1.54, 1.807) is 0 Å². The molecule has 1 heterocycles. The van der Waals surface area contributed by atoms with Gasteiger partial charge in [-0.05, 0) is 37.3 Å². The van der Waals surface area contributed by atoms with Crippen LogP contribution in [0.2, 0.25) is 0 Å². The second-order valence-electron chi connectivity index (χ2n) is 7.12. The Bertz CT molecular complexity index is 697. The van der Waals surface area contributed by atoms with Crippen molar-refractivity contribution in [3.8, 4) is 0 Å². The zero-order valence-electron chi connectivity index (χ0n) is 14.3. The monoisotopic (exact) mass is 329 g/mol. The lowest BCUT2D eigenvalue weighted by atomic mass is 9.86. The van der Waals surface area contributed by atoms with E-state index in [9.17, 15) is 9.90 Å². The molecule has 5 nitrogen and oxygen atoms in total. The number of carbonyl (C=O) groups excluding carboxylic acids is 1. The molecule has 2 atom stereocenters. The van der Waals surface area contributed by atoms with E-state index in [-0.39, 0.29) is 24.1 Å². The first-order chi connectivity index (χ1) is 11.6. The number of aromatic nitrogens is 1. The number of rotatable bonds is 6. The first-order valence-corrected chi connectivity index (χ1v) is 8.82. The molecule has 1 saturated carbocycles. The molecule has 5 heteroatoms. The molecule has 3 rings (SSSR count). The summed E-state index contributed by atoms with van der Waals surface area (Å²) in [7, 11) is 0. The molecule has 1 aromatic carbocycles. The minimum Gasteiger partial charge on any atom is -0.396 e. The summed E-state index contributed by atoms with van der Waals surface area (Å²) in [5.41, 5.74) is 2.26. The van der Waals surface area contributed by atoms with Crippen molar-refractivity contribution in [1.29, 1.82) is 0 Å². The largest absolute Gasteiger partial charge is 0.396 e. The number of aliphatic hydroxyl groups is 1. The highest BCUT2D eigenvalue weighted by atomic mass is 16.3. The molecule has 0 spiro atoms. The molecule has 0 saturated heterocycles. The summed E-state index contributed by atoms with van der Waals surface area (Å²) in [6.45, 7) is 2.81. The normalized spacial score (nSPS) is 23.5. The summed E-state index contributed by atoms with van der Waals surface area (Å²) in [5.74, 6) is 0. The van der Waals surface area contributed by atoms with E-state index >= 15 is 0 Å². The van der Waals surface area contributed by atoms with Crippen molar-refractivity contribution in [2.45, 2.75) is 45.1 Å². The number of aromatic amines is 1. The van der Waals surface area contributed by atoms with Crippen LogP contribution in [0.25, 0.3) is 10.9 Å². The SMILES string of the molecule is CC1(CO)CCCC1NC(=O)NCCCc1c[nH]c2ccccc12. The van der Waals surface area contributed by atoms with Gasteiger partial charge in [-0.1, -0.05) is 31.5 Å². The molecule has 1 fully saturated rings. The Kier molecular flexibility index (Phi) is 5.09. The highest BCUT2D eigenvalue weighted by Gasteiger charge is 2.38. The number of nitrogens with one attached hydrogen (secondary N) is 3. The smallest absolute Gasteiger partial charge is 0.315 e. The van der Waals surface area contributed by atoms with Gasteiger partial charge in [0.2, 0.25) is 0 Å². The van der Waals surface area contributed by atoms with Crippen molar-refractivity contribution in [1.82, 2.24) is 15.6 Å². The van der Waals surface area contributed by atoms with Gasteiger partial charge in [0.05, 0.1) is 6.61 Å². The Morgan fingerprint density at radius 2 is 2.25 bits per heavy atom. The fraction of sp³-hybridized carbons (Fsp3) is 0.526. The van der Waals surface area contributed by atoms with Gasteiger partial charge in [-0.3, -0.25) is 0 Å². The van der Waals surface area contributed by atoms with E-state index in [0.717, 1.165) is 37.6 Å². The van der Waals surface area contributed by atoms with Crippen molar-refractivity contribution in [2.24, 2.45) is 5.41 Å². The fourth-order valence-corrected chi connectivity index (χ4v) is 3.70. The highest BCUT2D eigenvalue weighted by Crippen LogP contribution is 2.37. The Balaban J connectivity index is 1.42. The van der Waals surface area contributed by atoms with Crippen molar-refractivity contribution in [3.63, 3.8) is 0 Å². The Morgan fingerprint density at radius 3 is 3.08 bits per heavy atom. The van der Waals surface area contributed by atoms with Crippen LogP contribution in [0, 0.1) is 5.41 Å². The third kappa shape index (κ3) is 3.56. The van der Waals surface area contributed by atoms with Crippen molar-refractivity contribution >= 4 is 16.9 Å². The average molecular weight is 329 g/mol. The highest BCUT2D eigenvalue weighted by molar-refractivity contribution is 5.83. The van der Waals surface area contributed by atoms with Crippen LogP contribution in [0.5, 0.6) is 0 Å². The second-order valence-corrected chi connectivity index (χ2v) is 7.12. The fourth-order valence-electron chi connectivity index (χ4n) is 3.70. The summed E-state index contributed by atoms with van der Waals surface area (Å²) >= 11 is 0. The van der Waals surface area contributed by atoms with Gasteiger partial charge in [0.15, 0.2) is 0 Å². The molecule has 24 heavy (non-hydrogen) atoms. The maximum Gasteiger partial charge on any atom is 0.315 e. The number of amides is 2. The van der Waals surface area contributed by atoms with Crippen molar-refractivity contribution < 1.29 is 9.90 Å². The van der Waals surface area contributed by atoms with Gasteiger partial charge >= 0.3 is 6.03 Å². The number of H-pyrrole nitrogens is 1. The molecule has 2 amide bonds. The van der Waals surface area contributed by atoms with Crippen LogP contribution < -0.4 is 10.6 Å². The van der Waals surface area contributed by atoms with Crippen LogP contribution in [0.4, 0.5) is 4.79 Å². The van der Waals surface area contributed by atoms with Gasteiger partial charge in [0.1, 0.15) is 0 Å². The standard InChI is InChI=1S/C19H27N3O2/c1-19(13-23)10-4-9-17(19)22-18(24)20-11-5-6-14-12-21-16-8-3-2-7-15(14)16/h2-3,7-8,12,17,21,23H,4-6,9-11,13H2,1H3,(H2,20,22,24). The summed E-state index contributed by atoms with van der Waals surface area (Å²) in [6.07, 6.45) is 6.85. The Hall–Kier alpha value is -2.01. The molecule has 1 aromatic heterocycles. The summed E-state index contributed by atoms with van der Waals surface area (Å²) in [4.78, 5) is 15.3. The topological polar surface area (TPSA) is 77.2 Å².